The fourth-order valence-corrected chi connectivity index (χ4v) is 4.34. The maximum absolute atomic E-state index is 12.9. The lowest BCUT2D eigenvalue weighted by atomic mass is 10.0. The average Bonchev–Trinajstić information content (AvgIpc) is 3.39. The standard InChI is InChI=1S/C19H14ClN3O2S/c20-11-3-4-14-12(8-11)13-9-23(6-5-15(13)21-14)19(24)16-10-26-18(22-16)17-2-1-7-25-17/h1-4,7-8,10,21H,5-6,9H2. The van der Waals surface area contributed by atoms with Crippen LogP contribution in [0.2, 0.25) is 5.02 Å². The first-order valence-corrected chi connectivity index (χ1v) is 9.52. The summed E-state index contributed by atoms with van der Waals surface area (Å²) in [7, 11) is 0. The molecule has 1 aliphatic heterocycles. The van der Waals surface area contributed by atoms with Gasteiger partial charge in [0.15, 0.2) is 10.8 Å². The van der Waals surface area contributed by atoms with Gasteiger partial charge in [0.1, 0.15) is 5.69 Å². The zero-order valence-electron chi connectivity index (χ0n) is 13.7. The molecule has 1 aliphatic rings. The maximum Gasteiger partial charge on any atom is 0.273 e. The number of carbonyl (C=O) groups excluding carboxylic acids is 1. The molecule has 1 N–H and O–H groups in total. The Hall–Kier alpha value is -2.57. The van der Waals surface area contributed by atoms with Gasteiger partial charge in [0.05, 0.1) is 6.26 Å². The summed E-state index contributed by atoms with van der Waals surface area (Å²) in [5.41, 5.74) is 3.84. The van der Waals surface area contributed by atoms with Crippen LogP contribution in [0, 0.1) is 0 Å². The van der Waals surface area contributed by atoms with Crippen molar-refractivity contribution in [1.29, 1.82) is 0 Å². The number of carbonyl (C=O) groups is 1. The molecular formula is C19H14ClN3O2S. The second-order valence-corrected chi connectivity index (χ2v) is 7.56. The number of halogens is 1. The SMILES string of the molecule is O=C(c1csc(-c2ccco2)n1)N1CCc2[nH]c3ccc(Cl)cc3c2C1. The number of thiazole rings is 1. The molecule has 4 heterocycles. The predicted molar refractivity (Wildman–Crippen MR) is 102 cm³/mol. The number of nitrogens with zero attached hydrogens (tertiary/aromatic N) is 2. The van der Waals surface area contributed by atoms with Crippen molar-refractivity contribution in [3.8, 4) is 10.8 Å². The number of rotatable bonds is 2. The molecule has 3 aromatic heterocycles. The number of aromatic nitrogens is 2. The number of nitrogens with one attached hydrogen (secondary N) is 1. The van der Waals surface area contributed by atoms with Gasteiger partial charge in [-0.1, -0.05) is 11.6 Å². The monoisotopic (exact) mass is 383 g/mol. The zero-order chi connectivity index (χ0) is 17.7. The number of furan rings is 1. The van der Waals surface area contributed by atoms with E-state index in [1.165, 1.54) is 17.0 Å². The van der Waals surface area contributed by atoms with E-state index in [9.17, 15) is 4.79 Å². The summed E-state index contributed by atoms with van der Waals surface area (Å²) in [5, 5.41) is 4.29. The molecule has 130 valence electrons. The number of amides is 1. The van der Waals surface area contributed by atoms with Crippen molar-refractivity contribution in [2.45, 2.75) is 13.0 Å². The van der Waals surface area contributed by atoms with E-state index in [1.54, 1.807) is 11.6 Å². The van der Waals surface area contributed by atoms with Crippen molar-refractivity contribution < 1.29 is 9.21 Å². The third-order valence-electron chi connectivity index (χ3n) is 4.68. The van der Waals surface area contributed by atoms with Gasteiger partial charge in [0.25, 0.3) is 5.91 Å². The van der Waals surface area contributed by atoms with Crippen LogP contribution in [-0.4, -0.2) is 27.3 Å². The first-order valence-electron chi connectivity index (χ1n) is 8.27. The lowest BCUT2D eigenvalue weighted by Crippen LogP contribution is -2.36. The first-order chi connectivity index (χ1) is 12.7. The summed E-state index contributed by atoms with van der Waals surface area (Å²) in [6.07, 6.45) is 2.40. The zero-order valence-corrected chi connectivity index (χ0v) is 15.2. The van der Waals surface area contributed by atoms with E-state index in [1.807, 2.05) is 35.2 Å². The van der Waals surface area contributed by atoms with Crippen LogP contribution < -0.4 is 0 Å². The molecule has 0 atom stereocenters. The van der Waals surface area contributed by atoms with Gasteiger partial charge in [-0.15, -0.1) is 11.3 Å². The van der Waals surface area contributed by atoms with Crippen molar-refractivity contribution in [2.75, 3.05) is 6.54 Å². The number of hydrogen-bond donors (Lipinski definition) is 1. The van der Waals surface area contributed by atoms with Crippen molar-refractivity contribution >= 4 is 39.7 Å². The lowest BCUT2D eigenvalue weighted by molar-refractivity contribution is 0.0730. The van der Waals surface area contributed by atoms with Gasteiger partial charge < -0.3 is 14.3 Å². The highest BCUT2D eigenvalue weighted by Crippen LogP contribution is 2.31. The minimum atomic E-state index is -0.0546. The summed E-state index contributed by atoms with van der Waals surface area (Å²) < 4.78 is 5.36. The number of fused-ring (bicyclic) bond motifs is 3. The number of benzene rings is 1. The van der Waals surface area contributed by atoms with E-state index in [-0.39, 0.29) is 5.91 Å². The molecule has 0 saturated heterocycles. The first kappa shape index (κ1) is 15.7. The largest absolute Gasteiger partial charge is 0.462 e. The van der Waals surface area contributed by atoms with E-state index in [0.29, 0.717) is 29.6 Å². The topological polar surface area (TPSA) is 62.1 Å². The second kappa shape index (κ2) is 6.00. The van der Waals surface area contributed by atoms with Crippen LogP contribution in [0.4, 0.5) is 0 Å². The summed E-state index contributed by atoms with van der Waals surface area (Å²) in [5.74, 6) is 0.627. The fourth-order valence-electron chi connectivity index (χ4n) is 3.41. The minimum Gasteiger partial charge on any atom is -0.462 e. The molecule has 4 aromatic rings. The molecule has 0 unspecified atom stereocenters. The minimum absolute atomic E-state index is 0.0546. The molecule has 0 saturated carbocycles. The molecule has 0 spiro atoms. The molecule has 0 radical (unpaired) electrons. The van der Waals surface area contributed by atoms with Gasteiger partial charge in [-0.05, 0) is 30.3 Å². The van der Waals surface area contributed by atoms with Crippen LogP contribution in [0.1, 0.15) is 21.7 Å². The Morgan fingerprint density at radius 2 is 2.27 bits per heavy atom. The van der Waals surface area contributed by atoms with Crippen LogP contribution in [0.5, 0.6) is 0 Å². The maximum atomic E-state index is 12.9. The highest BCUT2D eigenvalue weighted by molar-refractivity contribution is 7.13. The third-order valence-corrected chi connectivity index (χ3v) is 5.77. The molecule has 1 aromatic carbocycles. The Labute approximate surface area is 158 Å². The van der Waals surface area contributed by atoms with E-state index >= 15 is 0 Å². The smallest absolute Gasteiger partial charge is 0.273 e. The normalized spacial score (nSPS) is 14.0. The third kappa shape index (κ3) is 2.53. The van der Waals surface area contributed by atoms with Gasteiger partial charge in [-0.25, -0.2) is 4.98 Å². The van der Waals surface area contributed by atoms with Crippen molar-refractivity contribution in [1.82, 2.24) is 14.9 Å². The van der Waals surface area contributed by atoms with Gasteiger partial charge >= 0.3 is 0 Å². The fraction of sp³-hybridized carbons (Fsp3) is 0.158. The molecule has 0 aliphatic carbocycles. The van der Waals surface area contributed by atoms with Crippen molar-refractivity contribution in [3.63, 3.8) is 0 Å². The Morgan fingerprint density at radius 1 is 1.35 bits per heavy atom. The molecular weight excluding hydrogens is 370 g/mol. The summed E-state index contributed by atoms with van der Waals surface area (Å²) in [4.78, 5) is 22.7. The molecule has 5 nitrogen and oxygen atoms in total. The summed E-state index contributed by atoms with van der Waals surface area (Å²) in [6, 6.07) is 9.47. The number of H-pyrrole nitrogens is 1. The van der Waals surface area contributed by atoms with Crippen molar-refractivity contribution in [3.05, 3.63) is 63.9 Å². The Morgan fingerprint density at radius 3 is 3.12 bits per heavy atom. The van der Waals surface area contributed by atoms with Crippen LogP contribution >= 0.6 is 22.9 Å². The summed E-state index contributed by atoms with van der Waals surface area (Å²) in [6.45, 7) is 1.22. The molecule has 1 amide bonds. The van der Waals surface area contributed by atoms with E-state index in [0.717, 1.165) is 27.9 Å². The molecule has 5 rings (SSSR count). The summed E-state index contributed by atoms with van der Waals surface area (Å²) >= 11 is 7.57. The van der Waals surface area contributed by atoms with Gasteiger partial charge in [-0.3, -0.25) is 4.79 Å². The van der Waals surface area contributed by atoms with Crippen LogP contribution in [0.15, 0.2) is 46.4 Å². The second-order valence-electron chi connectivity index (χ2n) is 6.26. The Kier molecular flexibility index (Phi) is 3.62. The van der Waals surface area contributed by atoms with Gasteiger partial charge in [0, 0.05) is 52.1 Å². The Balaban J connectivity index is 1.44. The van der Waals surface area contributed by atoms with E-state index in [4.69, 9.17) is 16.0 Å². The van der Waals surface area contributed by atoms with E-state index < -0.39 is 0 Å². The highest BCUT2D eigenvalue weighted by Gasteiger charge is 2.26. The van der Waals surface area contributed by atoms with E-state index in [2.05, 4.69) is 9.97 Å². The molecule has 7 heteroatoms. The van der Waals surface area contributed by atoms with Crippen LogP contribution in [-0.2, 0) is 13.0 Å². The number of aromatic amines is 1. The Bertz CT molecular complexity index is 1110. The number of hydrogen-bond acceptors (Lipinski definition) is 4. The van der Waals surface area contributed by atoms with Crippen LogP contribution in [0.3, 0.4) is 0 Å². The van der Waals surface area contributed by atoms with Crippen molar-refractivity contribution in [2.24, 2.45) is 0 Å². The highest BCUT2D eigenvalue weighted by atomic mass is 35.5. The van der Waals surface area contributed by atoms with Gasteiger partial charge in [0.2, 0.25) is 0 Å². The molecule has 26 heavy (non-hydrogen) atoms. The van der Waals surface area contributed by atoms with Gasteiger partial charge in [-0.2, -0.15) is 0 Å². The van der Waals surface area contributed by atoms with Crippen LogP contribution in [0.25, 0.3) is 21.7 Å². The predicted octanol–water partition coefficient (Wildman–Crippen LogP) is 4.74. The molecule has 0 fully saturated rings. The molecule has 0 bridgehead atoms. The average molecular weight is 384 g/mol. The quantitative estimate of drug-likeness (QED) is 0.544. The lowest BCUT2D eigenvalue weighted by Gasteiger charge is -2.26.